The number of benzene rings is 1. The van der Waals surface area contributed by atoms with Gasteiger partial charge in [0.1, 0.15) is 11.5 Å². The number of nitrogens with one attached hydrogen (secondary N) is 1. The van der Waals surface area contributed by atoms with Gasteiger partial charge < -0.3 is 4.52 Å². The molecule has 5 nitrogen and oxygen atoms in total. The van der Waals surface area contributed by atoms with E-state index in [4.69, 9.17) is 4.52 Å². The third kappa shape index (κ3) is 1.77. The number of rotatable bonds is 2. The van der Waals surface area contributed by atoms with Crippen LogP contribution in [0, 0.1) is 12.7 Å². The summed E-state index contributed by atoms with van der Waals surface area (Å²) in [5.74, 6) is 0.377. The van der Waals surface area contributed by atoms with Crippen LogP contribution in [0.25, 0.3) is 23.0 Å². The molecule has 0 saturated heterocycles. The van der Waals surface area contributed by atoms with Gasteiger partial charge >= 0.3 is 0 Å². The summed E-state index contributed by atoms with van der Waals surface area (Å²) < 4.78 is 18.5. The Morgan fingerprint density at radius 2 is 2.17 bits per heavy atom. The highest BCUT2D eigenvalue weighted by molar-refractivity contribution is 5.58. The van der Waals surface area contributed by atoms with Crippen LogP contribution in [0.15, 0.2) is 35.0 Å². The Morgan fingerprint density at radius 1 is 1.28 bits per heavy atom. The number of hydrogen-bond acceptors (Lipinski definition) is 4. The average molecular weight is 244 g/mol. The maximum Gasteiger partial charge on any atom is 0.276 e. The molecule has 0 unspecified atom stereocenters. The van der Waals surface area contributed by atoms with Gasteiger partial charge in [-0.05, 0) is 24.6 Å². The maximum absolute atomic E-state index is 13.4. The summed E-state index contributed by atoms with van der Waals surface area (Å²) in [7, 11) is 0. The molecule has 0 atom stereocenters. The number of aryl methyl sites for hydroxylation is 1. The van der Waals surface area contributed by atoms with Crippen LogP contribution in [0.3, 0.4) is 0 Å². The third-order valence-electron chi connectivity index (χ3n) is 2.59. The van der Waals surface area contributed by atoms with E-state index in [0.717, 1.165) is 0 Å². The summed E-state index contributed by atoms with van der Waals surface area (Å²) in [4.78, 5) is 4.18. The molecule has 1 aromatic carbocycles. The van der Waals surface area contributed by atoms with E-state index in [1.165, 1.54) is 6.07 Å². The summed E-state index contributed by atoms with van der Waals surface area (Å²) in [5, 5.41) is 10.3. The lowest BCUT2D eigenvalue weighted by Gasteiger charge is -1.97. The minimum Gasteiger partial charge on any atom is -0.332 e. The lowest BCUT2D eigenvalue weighted by molar-refractivity contribution is 0.431. The van der Waals surface area contributed by atoms with Gasteiger partial charge in [0.25, 0.3) is 5.89 Å². The highest BCUT2D eigenvalue weighted by Crippen LogP contribution is 2.22. The van der Waals surface area contributed by atoms with Gasteiger partial charge in [0.05, 0.1) is 0 Å². The Bertz CT molecular complexity index is 675. The van der Waals surface area contributed by atoms with E-state index in [-0.39, 0.29) is 5.82 Å². The van der Waals surface area contributed by atoms with Crippen LogP contribution in [0.1, 0.15) is 5.56 Å². The lowest BCUT2D eigenvalue weighted by atomic mass is 10.1. The van der Waals surface area contributed by atoms with Crippen LogP contribution in [0.2, 0.25) is 0 Å². The standard InChI is InChI=1S/C12H9FN4O/c1-7-2-3-8(6-9(7)13)11-15-12(18-17-11)10-4-5-14-16-10/h2-6H,1H3,(H,14,16). The summed E-state index contributed by atoms with van der Waals surface area (Å²) in [6.07, 6.45) is 1.59. The lowest BCUT2D eigenvalue weighted by Crippen LogP contribution is -1.86. The van der Waals surface area contributed by atoms with Crippen LogP contribution in [-0.2, 0) is 0 Å². The van der Waals surface area contributed by atoms with Crippen molar-refractivity contribution in [3.8, 4) is 23.0 Å². The van der Waals surface area contributed by atoms with Crippen molar-refractivity contribution < 1.29 is 8.91 Å². The molecule has 0 bridgehead atoms. The van der Waals surface area contributed by atoms with Gasteiger partial charge in [0.15, 0.2) is 0 Å². The van der Waals surface area contributed by atoms with Gasteiger partial charge in [-0.2, -0.15) is 10.1 Å². The fourth-order valence-electron chi connectivity index (χ4n) is 1.56. The minimum atomic E-state index is -0.291. The van der Waals surface area contributed by atoms with Gasteiger partial charge in [-0.15, -0.1) is 0 Å². The van der Waals surface area contributed by atoms with Crippen LogP contribution in [0.4, 0.5) is 4.39 Å². The van der Waals surface area contributed by atoms with Gasteiger partial charge in [-0.3, -0.25) is 5.10 Å². The normalized spacial score (nSPS) is 10.8. The smallest absolute Gasteiger partial charge is 0.276 e. The van der Waals surface area contributed by atoms with E-state index in [0.29, 0.717) is 28.5 Å². The van der Waals surface area contributed by atoms with Crippen molar-refractivity contribution >= 4 is 0 Å². The molecule has 0 radical (unpaired) electrons. The predicted octanol–water partition coefficient (Wildman–Crippen LogP) is 2.57. The molecule has 0 aliphatic heterocycles. The zero-order valence-corrected chi connectivity index (χ0v) is 9.51. The Labute approximate surface area is 102 Å². The van der Waals surface area contributed by atoms with E-state index in [9.17, 15) is 4.39 Å². The molecule has 18 heavy (non-hydrogen) atoms. The van der Waals surface area contributed by atoms with E-state index < -0.39 is 0 Å². The summed E-state index contributed by atoms with van der Waals surface area (Å²) in [6.45, 7) is 1.70. The second kappa shape index (κ2) is 4.06. The van der Waals surface area contributed by atoms with E-state index in [1.54, 1.807) is 31.3 Å². The van der Waals surface area contributed by atoms with Crippen molar-refractivity contribution in [1.82, 2.24) is 20.3 Å². The van der Waals surface area contributed by atoms with Gasteiger partial charge in [0, 0.05) is 11.8 Å². The summed E-state index contributed by atoms with van der Waals surface area (Å²) >= 11 is 0. The van der Waals surface area contributed by atoms with Gasteiger partial charge in [-0.25, -0.2) is 4.39 Å². The van der Waals surface area contributed by atoms with Crippen molar-refractivity contribution in [2.75, 3.05) is 0 Å². The fraction of sp³-hybridized carbons (Fsp3) is 0.0833. The molecule has 0 fully saturated rings. The molecule has 1 N–H and O–H groups in total. The first-order valence-corrected chi connectivity index (χ1v) is 5.34. The van der Waals surface area contributed by atoms with E-state index in [1.807, 2.05) is 0 Å². The number of H-pyrrole nitrogens is 1. The second-order valence-electron chi connectivity index (χ2n) is 3.86. The Balaban J connectivity index is 2.00. The molecule has 3 aromatic rings. The molecule has 0 amide bonds. The molecular weight excluding hydrogens is 235 g/mol. The molecule has 0 aliphatic rings. The zero-order valence-electron chi connectivity index (χ0n) is 9.51. The second-order valence-corrected chi connectivity index (χ2v) is 3.86. The van der Waals surface area contributed by atoms with Crippen LogP contribution >= 0.6 is 0 Å². The van der Waals surface area contributed by atoms with E-state index in [2.05, 4.69) is 20.3 Å². The van der Waals surface area contributed by atoms with Crippen molar-refractivity contribution in [2.24, 2.45) is 0 Å². The molecule has 6 heteroatoms. The van der Waals surface area contributed by atoms with Crippen molar-refractivity contribution in [3.63, 3.8) is 0 Å². The van der Waals surface area contributed by atoms with Crippen molar-refractivity contribution in [3.05, 3.63) is 41.8 Å². The molecular formula is C12H9FN4O. The first-order valence-electron chi connectivity index (χ1n) is 5.34. The average Bonchev–Trinajstić information content (AvgIpc) is 3.01. The molecule has 0 spiro atoms. The number of aromatic nitrogens is 4. The Kier molecular flexibility index (Phi) is 2.40. The largest absolute Gasteiger partial charge is 0.332 e. The molecule has 2 heterocycles. The Hall–Kier alpha value is -2.50. The number of halogens is 1. The molecule has 0 saturated carbocycles. The number of aromatic amines is 1. The monoisotopic (exact) mass is 244 g/mol. The highest BCUT2D eigenvalue weighted by atomic mass is 19.1. The van der Waals surface area contributed by atoms with Crippen LogP contribution in [0.5, 0.6) is 0 Å². The highest BCUT2D eigenvalue weighted by Gasteiger charge is 2.12. The molecule has 90 valence electrons. The Morgan fingerprint density at radius 3 is 2.89 bits per heavy atom. The first kappa shape index (κ1) is 10.6. The first-order chi connectivity index (χ1) is 8.74. The van der Waals surface area contributed by atoms with Gasteiger partial charge in [0.2, 0.25) is 5.82 Å². The summed E-state index contributed by atoms with van der Waals surface area (Å²) in [6, 6.07) is 6.53. The molecule has 0 aliphatic carbocycles. The van der Waals surface area contributed by atoms with E-state index >= 15 is 0 Å². The molecule has 2 aromatic heterocycles. The maximum atomic E-state index is 13.4. The number of nitrogens with zero attached hydrogens (tertiary/aromatic N) is 3. The topological polar surface area (TPSA) is 67.6 Å². The number of hydrogen-bond donors (Lipinski definition) is 1. The predicted molar refractivity (Wildman–Crippen MR) is 62.0 cm³/mol. The van der Waals surface area contributed by atoms with Gasteiger partial charge in [-0.1, -0.05) is 17.3 Å². The van der Waals surface area contributed by atoms with Crippen molar-refractivity contribution in [2.45, 2.75) is 6.92 Å². The molecule has 3 rings (SSSR count). The SMILES string of the molecule is Cc1ccc(-c2noc(-c3ccn[nH]3)n2)cc1F. The third-order valence-corrected chi connectivity index (χ3v) is 2.59. The van der Waals surface area contributed by atoms with Crippen LogP contribution in [-0.4, -0.2) is 20.3 Å². The fourth-order valence-corrected chi connectivity index (χ4v) is 1.56. The quantitative estimate of drug-likeness (QED) is 0.752. The van der Waals surface area contributed by atoms with Crippen LogP contribution < -0.4 is 0 Å². The zero-order chi connectivity index (χ0) is 12.5. The minimum absolute atomic E-state index is 0.291. The summed E-state index contributed by atoms with van der Waals surface area (Å²) in [5.41, 5.74) is 1.78. The van der Waals surface area contributed by atoms with Crippen molar-refractivity contribution in [1.29, 1.82) is 0 Å².